The minimum Gasteiger partial charge on any atom is -0.482 e. The Hall–Kier alpha value is -3.42. The first-order valence-corrected chi connectivity index (χ1v) is 7.00. The number of hydrogen-bond acceptors (Lipinski definition) is 5. The van der Waals surface area contributed by atoms with E-state index in [1.807, 2.05) is 0 Å². The Kier molecular flexibility index (Phi) is 3.87. The van der Waals surface area contributed by atoms with Gasteiger partial charge in [0.1, 0.15) is 5.75 Å². The number of aromatic carboxylic acids is 1. The molecular formula is C16H12N2O6. The molecule has 0 atom stereocenters. The number of nitro benzene ring substituents is 1. The third-order valence-corrected chi connectivity index (χ3v) is 3.67. The highest BCUT2D eigenvalue weighted by Gasteiger charge is 2.28. The third kappa shape index (κ3) is 2.76. The highest BCUT2D eigenvalue weighted by Crippen LogP contribution is 2.36. The fraction of sp³-hybridized carbons (Fsp3) is 0.125. The number of ether oxygens (including phenoxy) is 1. The Balaban J connectivity index is 2.03. The molecule has 8 heteroatoms. The van der Waals surface area contributed by atoms with Crippen LogP contribution in [0.3, 0.4) is 0 Å². The predicted molar refractivity (Wildman–Crippen MR) is 83.2 cm³/mol. The number of amides is 1. The van der Waals surface area contributed by atoms with Crippen molar-refractivity contribution in [2.75, 3.05) is 11.5 Å². The Morgan fingerprint density at radius 3 is 2.75 bits per heavy atom. The molecule has 1 aliphatic heterocycles. The number of nitro groups is 1. The van der Waals surface area contributed by atoms with Gasteiger partial charge in [-0.25, -0.2) is 4.79 Å². The Bertz CT molecular complexity index is 848. The van der Waals surface area contributed by atoms with Gasteiger partial charge in [0.15, 0.2) is 6.61 Å². The maximum Gasteiger partial charge on any atom is 0.336 e. The number of rotatable bonds is 4. The van der Waals surface area contributed by atoms with Gasteiger partial charge < -0.3 is 14.7 Å². The summed E-state index contributed by atoms with van der Waals surface area (Å²) in [6.45, 7) is -0.223. The zero-order valence-corrected chi connectivity index (χ0v) is 12.3. The molecule has 0 spiro atoms. The number of hydrogen-bond donors (Lipinski definition) is 1. The van der Waals surface area contributed by atoms with E-state index in [0.29, 0.717) is 11.3 Å². The summed E-state index contributed by atoms with van der Waals surface area (Å²) in [5, 5.41) is 20.2. The first kappa shape index (κ1) is 15.5. The molecule has 24 heavy (non-hydrogen) atoms. The number of carbonyl (C=O) groups excluding carboxylic acids is 1. The Morgan fingerprint density at radius 2 is 2.04 bits per heavy atom. The van der Waals surface area contributed by atoms with Crippen molar-refractivity contribution in [1.29, 1.82) is 0 Å². The van der Waals surface area contributed by atoms with Crippen molar-refractivity contribution < 1.29 is 24.4 Å². The molecule has 1 aliphatic rings. The SMILES string of the molecule is O=C(O)c1ccccc1CN1C(=O)COc2ccc([N+](=O)[O-])cc21. The lowest BCUT2D eigenvalue weighted by atomic mass is 10.1. The number of benzene rings is 2. The molecule has 0 saturated carbocycles. The van der Waals surface area contributed by atoms with Crippen LogP contribution < -0.4 is 9.64 Å². The molecule has 1 heterocycles. The van der Waals surface area contributed by atoms with Crippen LogP contribution in [0.15, 0.2) is 42.5 Å². The van der Waals surface area contributed by atoms with Crippen LogP contribution in [0.1, 0.15) is 15.9 Å². The second-order valence-corrected chi connectivity index (χ2v) is 5.14. The molecule has 3 rings (SSSR count). The quantitative estimate of drug-likeness (QED) is 0.680. The van der Waals surface area contributed by atoms with E-state index in [9.17, 15) is 24.8 Å². The van der Waals surface area contributed by atoms with E-state index in [1.54, 1.807) is 18.2 Å². The number of carbonyl (C=O) groups is 2. The molecule has 0 aliphatic carbocycles. The summed E-state index contributed by atoms with van der Waals surface area (Å²) in [5.41, 5.74) is 0.575. The summed E-state index contributed by atoms with van der Waals surface area (Å²) in [6.07, 6.45) is 0. The number of anilines is 1. The van der Waals surface area contributed by atoms with E-state index in [-0.39, 0.29) is 30.1 Å². The first-order chi connectivity index (χ1) is 11.5. The second-order valence-electron chi connectivity index (χ2n) is 5.14. The van der Waals surface area contributed by atoms with Gasteiger partial charge in [-0.1, -0.05) is 18.2 Å². The summed E-state index contributed by atoms with van der Waals surface area (Å²) in [4.78, 5) is 35.2. The van der Waals surface area contributed by atoms with Gasteiger partial charge in [-0.15, -0.1) is 0 Å². The summed E-state index contributed by atoms with van der Waals surface area (Å²) >= 11 is 0. The van der Waals surface area contributed by atoms with E-state index < -0.39 is 16.8 Å². The van der Waals surface area contributed by atoms with Crippen molar-refractivity contribution in [2.24, 2.45) is 0 Å². The Labute approximate surface area is 136 Å². The average molecular weight is 328 g/mol. The van der Waals surface area contributed by atoms with E-state index in [0.717, 1.165) is 0 Å². The maximum absolute atomic E-state index is 12.2. The highest BCUT2D eigenvalue weighted by molar-refractivity contribution is 5.98. The van der Waals surface area contributed by atoms with Crippen LogP contribution in [0.4, 0.5) is 11.4 Å². The topological polar surface area (TPSA) is 110 Å². The van der Waals surface area contributed by atoms with E-state index in [1.165, 1.54) is 29.2 Å². The van der Waals surface area contributed by atoms with Crippen LogP contribution in [-0.4, -0.2) is 28.5 Å². The lowest BCUT2D eigenvalue weighted by Gasteiger charge is -2.29. The first-order valence-electron chi connectivity index (χ1n) is 7.00. The molecule has 0 bridgehead atoms. The standard InChI is InChI=1S/C16H12N2O6/c19-15-9-24-14-6-5-11(18(22)23)7-13(14)17(15)8-10-3-1-2-4-12(10)16(20)21/h1-7H,8-9H2,(H,20,21). The van der Waals surface area contributed by atoms with Crippen LogP contribution in [0.5, 0.6) is 5.75 Å². The molecule has 2 aromatic carbocycles. The summed E-state index contributed by atoms with van der Waals surface area (Å²) in [7, 11) is 0. The molecule has 2 aromatic rings. The minimum absolute atomic E-state index is 0.0150. The van der Waals surface area contributed by atoms with Crippen LogP contribution in [-0.2, 0) is 11.3 Å². The second kappa shape index (κ2) is 5.99. The zero-order valence-electron chi connectivity index (χ0n) is 12.3. The molecular weight excluding hydrogens is 316 g/mol. The van der Waals surface area contributed by atoms with Crippen molar-refractivity contribution in [2.45, 2.75) is 6.54 Å². The third-order valence-electron chi connectivity index (χ3n) is 3.67. The lowest BCUT2D eigenvalue weighted by molar-refractivity contribution is -0.384. The van der Waals surface area contributed by atoms with Gasteiger partial charge in [0.2, 0.25) is 0 Å². The van der Waals surface area contributed by atoms with Gasteiger partial charge in [0.25, 0.3) is 11.6 Å². The van der Waals surface area contributed by atoms with Crippen molar-refractivity contribution in [3.05, 3.63) is 63.7 Å². The summed E-state index contributed by atoms with van der Waals surface area (Å²) < 4.78 is 5.29. The molecule has 1 N–H and O–H groups in total. The van der Waals surface area contributed by atoms with Crippen LogP contribution in [0.25, 0.3) is 0 Å². The molecule has 8 nitrogen and oxygen atoms in total. The fourth-order valence-corrected chi connectivity index (χ4v) is 2.51. The molecule has 0 fully saturated rings. The number of nitrogens with zero attached hydrogens (tertiary/aromatic N) is 2. The van der Waals surface area contributed by atoms with Gasteiger partial charge in [-0.05, 0) is 17.7 Å². The smallest absolute Gasteiger partial charge is 0.336 e. The van der Waals surface area contributed by atoms with Gasteiger partial charge in [-0.2, -0.15) is 0 Å². The lowest BCUT2D eigenvalue weighted by Crippen LogP contribution is -2.38. The molecule has 0 saturated heterocycles. The Morgan fingerprint density at radius 1 is 1.29 bits per heavy atom. The van der Waals surface area contributed by atoms with Crippen molar-refractivity contribution in [1.82, 2.24) is 0 Å². The number of non-ortho nitro benzene ring substituents is 1. The van der Waals surface area contributed by atoms with Crippen LogP contribution in [0, 0.1) is 10.1 Å². The van der Waals surface area contributed by atoms with Crippen molar-refractivity contribution in [3.8, 4) is 5.75 Å². The van der Waals surface area contributed by atoms with E-state index in [2.05, 4.69) is 0 Å². The molecule has 0 aromatic heterocycles. The van der Waals surface area contributed by atoms with Gasteiger partial charge >= 0.3 is 5.97 Å². The highest BCUT2D eigenvalue weighted by atomic mass is 16.6. The monoisotopic (exact) mass is 328 g/mol. The van der Waals surface area contributed by atoms with Crippen molar-refractivity contribution in [3.63, 3.8) is 0 Å². The fourth-order valence-electron chi connectivity index (χ4n) is 2.51. The maximum atomic E-state index is 12.2. The van der Waals surface area contributed by atoms with E-state index in [4.69, 9.17) is 4.74 Å². The normalized spacial score (nSPS) is 13.2. The number of carboxylic acids is 1. The van der Waals surface area contributed by atoms with Crippen LogP contribution >= 0.6 is 0 Å². The minimum atomic E-state index is -1.11. The predicted octanol–water partition coefficient (Wildman–Crippen LogP) is 2.22. The molecule has 0 unspecified atom stereocenters. The van der Waals surface area contributed by atoms with Gasteiger partial charge in [0.05, 0.1) is 22.7 Å². The largest absolute Gasteiger partial charge is 0.482 e. The van der Waals surface area contributed by atoms with Gasteiger partial charge in [0, 0.05) is 12.1 Å². The van der Waals surface area contributed by atoms with E-state index >= 15 is 0 Å². The number of carboxylic acid groups (broad SMARTS) is 1. The molecule has 0 radical (unpaired) electrons. The van der Waals surface area contributed by atoms with Gasteiger partial charge in [-0.3, -0.25) is 14.9 Å². The van der Waals surface area contributed by atoms with Crippen LogP contribution in [0.2, 0.25) is 0 Å². The molecule has 122 valence electrons. The average Bonchev–Trinajstić information content (AvgIpc) is 2.57. The van der Waals surface area contributed by atoms with Crippen molar-refractivity contribution >= 4 is 23.3 Å². The zero-order chi connectivity index (χ0) is 17.3. The number of fused-ring (bicyclic) bond motifs is 1. The molecule has 1 amide bonds. The summed E-state index contributed by atoms with van der Waals surface area (Å²) in [5.74, 6) is -1.17. The summed E-state index contributed by atoms with van der Waals surface area (Å²) in [6, 6.07) is 10.3.